The van der Waals surface area contributed by atoms with Crippen LogP contribution in [0.5, 0.6) is 0 Å². The maximum absolute atomic E-state index is 6.03. The Morgan fingerprint density at radius 2 is 2.08 bits per heavy atom. The molecule has 0 radical (unpaired) electrons. The lowest BCUT2D eigenvalue weighted by atomic mass is 10.1. The van der Waals surface area contributed by atoms with Gasteiger partial charge < -0.3 is 10.6 Å². The van der Waals surface area contributed by atoms with Crippen molar-refractivity contribution >= 4 is 29.3 Å². The third kappa shape index (κ3) is 6.92. The molecule has 2 N–H and O–H groups in total. The van der Waals surface area contributed by atoms with Gasteiger partial charge in [-0.05, 0) is 55.5 Å². The Labute approximate surface area is 165 Å². The zero-order chi connectivity index (χ0) is 18.6. The molecule has 142 valence electrons. The quantitative estimate of drug-likeness (QED) is 0.366. The fraction of sp³-hybridized carbons (Fsp3) is 0.474. The molecule has 0 spiro atoms. The van der Waals surface area contributed by atoms with Crippen molar-refractivity contribution < 1.29 is 0 Å². The van der Waals surface area contributed by atoms with Crippen LogP contribution in [-0.2, 0) is 0 Å². The third-order valence-corrected chi connectivity index (χ3v) is 4.88. The second-order valence-electron chi connectivity index (χ2n) is 5.90. The predicted molar refractivity (Wildman–Crippen MR) is 113 cm³/mol. The van der Waals surface area contributed by atoms with Gasteiger partial charge >= 0.3 is 0 Å². The first-order valence-corrected chi connectivity index (χ1v) is 10.8. The average Bonchev–Trinajstić information content (AvgIpc) is 3.17. The van der Waals surface area contributed by atoms with Crippen LogP contribution in [0, 0.1) is 0 Å². The Balaban J connectivity index is 2.04. The number of aliphatic imine (C=N–C) groups is 1. The Morgan fingerprint density at radius 3 is 2.73 bits per heavy atom. The highest BCUT2D eigenvalue weighted by Crippen LogP contribution is 2.20. The van der Waals surface area contributed by atoms with Crippen LogP contribution >= 0.6 is 23.4 Å². The van der Waals surface area contributed by atoms with Gasteiger partial charge in [-0.25, -0.2) is 0 Å². The summed E-state index contributed by atoms with van der Waals surface area (Å²) >= 11 is 7.92. The van der Waals surface area contributed by atoms with Crippen molar-refractivity contribution in [2.75, 3.05) is 31.6 Å². The van der Waals surface area contributed by atoms with E-state index in [1.807, 2.05) is 53.0 Å². The minimum Gasteiger partial charge on any atom is -0.357 e. The zero-order valence-corrected chi connectivity index (χ0v) is 17.1. The largest absolute Gasteiger partial charge is 0.357 e. The van der Waals surface area contributed by atoms with Crippen LogP contribution in [-0.4, -0.2) is 47.4 Å². The van der Waals surface area contributed by atoms with Crippen LogP contribution in [0.25, 0.3) is 0 Å². The second-order valence-corrected chi connectivity index (χ2v) is 7.32. The van der Waals surface area contributed by atoms with E-state index >= 15 is 0 Å². The van der Waals surface area contributed by atoms with Crippen molar-refractivity contribution in [3.63, 3.8) is 0 Å². The maximum atomic E-state index is 6.03. The van der Waals surface area contributed by atoms with E-state index in [2.05, 4.69) is 28.9 Å². The minimum atomic E-state index is 0.0363. The number of thioether (sulfide) groups is 1. The van der Waals surface area contributed by atoms with Crippen LogP contribution < -0.4 is 10.6 Å². The average molecular weight is 394 g/mol. The molecule has 1 atom stereocenters. The van der Waals surface area contributed by atoms with Crippen LogP contribution in [0.2, 0.25) is 5.02 Å². The molecule has 0 amide bonds. The molecular formula is C19H28ClN5S. The number of rotatable bonds is 10. The molecule has 0 saturated heterocycles. The lowest BCUT2D eigenvalue weighted by Crippen LogP contribution is -2.38. The van der Waals surface area contributed by atoms with E-state index in [4.69, 9.17) is 16.6 Å². The summed E-state index contributed by atoms with van der Waals surface area (Å²) in [4.78, 5) is 4.78. The summed E-state index contributed by atoms with van der Waals surface area (Å²) in [5.74, 6) is 2.05. The molecule has 0 aliphatic heterocycles. The van der Waals surface area contributed by atoms with Crippen molar-refractivity contribution in [1.82, 2.24) is 20.4 Å². The molecular weight excluding hydrogens is 366 g/mol. The number of guanidine groups is 1. The summed E-state index contributed by atoms with van der Waals surface area (Å²) in [7, 11) is 0. The fourth-order valence-corrected chi connectivity index (χ4v) is 3.21. The number of nitrogens with one attached hydrogen (secondary N) is 2. The Bertz CT molecular complexity index is 642. The Hall–Kier alpha value is -1.66. The van der Waals surface area contributed by atoms with Gasteiger partial charge in [-0.15, -0.1) is 0 Å². The van der Waals surface area contributed by atoms with Crippen molar-refractivity contribution in [1.29, 1.82) is 0 Å². The smallest absolute Gasteiger partial charge is 0.191 e. The van der Waals surface area contributed by atoms with E-state index in [1.54, 1.807) is 6.20 Å². The van der Waals surface area contributed by atoms with E-state index < -0.39 is 0 Å². The number of aromatic nitrogens is 2. The van der Waals surface area contributed by atoms with Gasteiger partial charge in [0.1, 0.15) is 0 Å². The number of hydrogen-bond acceptors (Lipinski definition) is 3. The van der Waals surface area contributed by atoms with E-state index in [1.165, 1.54) is 12.2 Å². The lowest BCUT2D eigenvalue weighted by Gasteiger charge is -2.18. The molecule has 1 aromatic carbocycles. The Morgan fingerprint density at radius 1 is 1.27 bits per heavy atom. The van der Waals surface area contributed by atoms with Crippen molar-refractivity contribution in [3.8, 4) is 0 Å². The summed E-state index contributed by atoms with van der Waals surface area (Å²) < 4.78 is 1.94. The monoisotopic (exact) mass is 393 g/mol. The van der Waals surface area contributed by atoms with Gasteiger partial charge in [0.25, 0.3) is 0 Å². The maximum Gasteiger partial charge on any atom is 0.191 e. The van der Waals surface area contributed by atoms with E-state index in [0.29, 0.717) is 6.54 Å². The molecule has 5 nitrogen and oxygen atoms in total. The van der Waals surface area contributed by atoms with Crippen molar-refractivity contribution in [2.45, 2.75) is 25.8 Å². The van der Waals surface area contributed by atoms with Crippen LogP contribution in [0.15, 0.2) is 47.7 Å². The number of halogens is 1. The first-order chi connectivity index (χ1) is 12.7. The molecule has 2 aromatic rings. The van der Waals surface area contributed by atoms with E-state index in [-0.39, 0.29) is 6.04 Å². The number of nitrogens with zero attached hydrogens (tertiary/aromatic N) is 3. The predicted octanol–water partition coefficient (Wildman–Crippen LogP) is 3.82. The Kier molecular flexibility index (Phi) is 9.42. The van der Waals surface area contributed by atoms with Gasteiger partial charge in [-0.2, -0.15) is 16.9 Å². The summed E-state index contributed by atoms with van der Waals surface area (Å²) in [6, 6.07) is 9.86. The van der Waals surface area contributed by atoms with Crippen molar-refractivity contribution in [3.05, 3.63) is 53.3 Å². The molecule has 0 aliphatic rings. The van der Waals surface area contributed by atoms with Crippen LogP contribution in [0.4, 0.5) is 0 Å². The summed E-state index contributed by atoms with van der Waals surface area (Å²) in [6.45, 7) is 4.45. The summed E-state index contributed by atoms with van der Waals surface area (Å²) in [5, 5.41) is 11.9. The first kappa shape index (κ1) is 20.6. The lowest BCUT2D eigenvalue weighted by molar-refractivity contribution is 0.530. The molecule has 7 heteroatoms. The van der Waals surface area contributed by atoms with Gasteiger partial charge in [-0.1, -0.05) is 23.7 Å². The van der Waals surface area contributed by atoms with E-state index in [0.717, 1.165) is 36.1 Å². The van der Waals surface area contributed by atoms with Gasteiger partial charge in [0.15, 0.2) is 5.96 Å². The summed E-state index contributed by atoms with van der Waals surface area (Å²) in [5.41, 5.74) is 1.14. The number of hydrogen-bond donors (Lipinski definition) is 2. The molecule has 2 rings (SSSR count). The normalized spacial score (nSPS) is 12.8. The zero-order valence-electron chi connectivity index (χ0n) is 15.5. The molecule has 26 heavy (non-hydrogen) atoms. The van der Waals surface area contributed by atoms with Crippen LogP contribution in [0.1, 0.15) is 31.4 Å². The number of unbranched alkanes of at least 4 members (excludes halogenated alkanes) is 1. The fourth-order valence-electron chi connectivity index (χ4n) is 2.59. The molecule has 0 aliphatic carbocycles. The van der Waals surface area contributed by atoms with Gasteiger partial charge in [0.2, 0.25) is 0 Å². The minimum absolute atomic E-state index is 0.0363. The number of benzene rings is 1. The van der Waals surface area contributed by atoms with Gasteiger partial charge in [-0.3, -0.25) is 9.67 Å². The highest BCUT2D eigenvalue weighted by Gasteiger charge is 2.14. The molecule has 1 aromatic heterocycles. The SMILES string of the molecule is CCNC(=NCC(c1ccc(Cl)cc1)n1cccn1)NCCCCSC. The molecule has 0 bridgehead atoms. The molecule has 0 fully saturated rings. The standard InChI is InChI=1S/C19H28ClN5S/c1-3-21-19(22-11-4-5-14-26-2)23-15-18(25-13-6-12-24-25)16-7-9-17(20)10-8-16/h6-10,12-13,18H,3-5,11,14-15H2,1-2H3,(H2,21,22,23). The molecule has 1 heterocycles. The first-order valence-electron chi connectivity index (χ1n) is 9.00. The highest BCUT2D eigenvalue weighted by molar-refractivity contribution is 7.98. The third-order valence-electron chi connectivity index (χ3n) is 3.93. The van der Waals surface area contributed by atoms with Crippen molar-refractivity contribution in [2.24, 2.45) is 4.99 Å². The second kappa shape index (κ2) is 11.9. The molecule has 1 unspecified atom stereocenters. The topological polar surface area (TPSA) is 54.2 Å². The molecule has 0 saturated carbocycles. The van der Waals surface area contributed by atoms with E-state index in [9.17, 15) is 0 Å². The highest BCUT2D eigenvalue weighted by atomic mass is 35.5. The summed E-state index contributed by atoms with van der Waals surface area (Å²) in [6.07, 6.45) is 8.27. The van der Waals surface area contributed by atoms with Crippen LogP contribution in [0.3, 0.4) is 0 Å². The van der Waals surface area contributed by atoms with Gasteiger partial charge in [0.05, 0.1) is 12.6 Å². The van der Waals surface area contributed by atoms with Gasteiger partial charge in [0, 0.05) is 30.5 Å².